The third-order valence-electron chi connectivity index (χ3n) is 6.41. The van der Waals surface area contributed by atoms with Gasteiger partial charge in [0.15, 0.2) is 0 Å². The standard InChI is InChI=1S/C28H30N2O4/c1-3-34-28(33)23-15-17-25(30(19-23)27(32)22-12-8-5-9-13-22)24-16-14-20(2)18-29(24)26(31)21-10-6-4-7-11-21/h4-13,18-19,24-25H,3,14-17H2,1-2H3. The van der Waals surface area contributed by atoms with E-state index in [1.807, 2.05) is 61.7 Å². The number of hydrogen-bond acceptors (Lipinski definition) is 4. The van der Waals surface area contributed by atoms with Crippen LogP contribution in [-0.2, 0) is 9.53 Å². The second kappa shape index (κ2) is 10.5. The summed E-state index contributed by atoms with van der Waals surface area (Å²) < 4.78 is 5.21. The van der Waals surface area contributed by atoms with Gasteiger partial charge in [0.2, 0.25) is 0 Å². The van der Waals surface area contributed by atoms with Crippen molar-refractivity contribution >= 4 is 17.8 Å². The lowest BCUT2D eigenvalue weighted by Crippen LogP contribution is -2.54. The zero-order valence-corrected chi connectivity index (χ0v) is 19.6. The molecule has 2 amide bonds. The molecule has 0 N–H and O–H groups in total. The highest BCUT2D eigenvalue weighted by atomic mass is 16.5. The molecular formula is C28H30N2O4. The number of amides is 2. The minimum absolute atomic E-state index is 0.0862. The van der Waals surface area contributed by atoms with Gasteiger partial charge in [0.05, 0.1) is 24.3 Å². The normalized spacial score (nSPS) is 20.3. The van der Waals surface area contributed by atoms with Crippen LogP contribution in [0.5, 0.6) is 0 Å². The van der Waals surface area contributed by atoms with E-state index in [9.17, 15) is 14.4 Å². The Hall–Kier alpha value is -3.67. The molecule has 0 fully saturated rings. The Morgan fingerprint density at radius 1 is 0.794 bits per heavy atom. The topological polar surface area (TPSA) is 66.9 Å². The average Bonchev–Trinajstić information content (AvgIpc) is 2.88. The van der Waals surface area contributed by atoms with Gasteiger partial charge in [-0.05, 0) is 63.8 Å². The van der Waals surface area contributed by atoms with Crippen molar-refractivity contribution in [2.75, 3.05) is 6.61 Å². The lowest BCUT2D eigenvalue weighted by atomic mass is 9.87. The first-order valence-corrected chi connectivity index (χ1v) is 11.8. The molecule has 6 heteroatoms. The lowest BCUT2D eigenvalue weighted by molar-refractivity contribution is -0.139. The van der Waals surface area contributed by atoms with Crippen LogP contribution in [0.1, 0.15) is 60.2 Å². The van der Waals surface area contributed by atoms with E-state index in [0.717, 1.165) is 18.4 Å². The Morgan fingerprint density at radius 3 is 1.82 bits per heavy atom. The molecule has 0 aromatic heterocycles. The summed E-state index contributed by atoms with van der Waals surface area (Å²) in [7, 11) is 0. The summed E-state index contributed by atoms with van der Waals surface area (Å²) in [5.41, 5.74) is 2.75. The van der Waals surface area contributed by atoms with Crippen LogP contribution < -0.4 is 0 Å². The van der Waals surface area contributed by atoms with Crippen molar-refractivity contribution in [1.29, 1.82) is 0 Å². The number of rotatable bonds is 5. The van der Waals surface area contributed by atoms with E-state index in [2.05, 4.69) is 0 Å². The second-order valence-electron chi connectivity index (χ2n) is 8.72. The smallest absolute Gasteiger partial charge is 0.335 e. The molecule has 2 aliphatic heterocycles. The Labute approximate surface area is 200 Å². The lowest BCUT2D eigenvalue weighted by Gasteiger charge is -2.44. The first-order valence-electron chi connectivity index (χ1n) is 11.8. The van der Waals surface area contributed by atoms with E-state index in [1.165, 1.54) is 0 Å². The highest BCUT2D eigenvalue weighted by Gasteiger charge is 2.40. The van der Waals surface area contributed by atoms with Crippen LogP contribution in [0.15, 0.2) is 84.2 Å². The van der Waals surface area contributed by atoms with Gasteiger partial charge >= 0.3 is 5.97 Å². The summed E-state index contributed by atoms with van der Waals surface area (Å²) in [5, 5.41) is 0. The number of hydrogen-bond donors (Lipinski definition) is 0. The molecule has 0 bridgehead atoms. The Balaban J connectivity index is 1.71. The van der Waals surface area contributed by atoms with E-state index in [1.54, 1.807) is 35.1 Å². The van der Waals surface area contributed by atoms with Crippen molar-refractivity contribution in [3.05, 3.63) is 95.3 Å². The van der Waals surface area contributed by atoms with Gasteiger partial charge in [0, 0.05) is 23.5 Å². The molecule has 0 aliphatic carbocycles. The molecule has 0 radical (unpaired) electrons. The fourth-order valence-corrected chi connectivity index (χ4v) is 4.70. The summed E-state index contributed by atoms with van der Waals surface area (Å²) in [6.07, 6.45) is 6.21. The van der Waals surface area contributed by atoms with Crippen LogP contribution in [0.2, 0.25) is 0 Å². The van der Waals surface area contributed by atoms with Crippen molar-refractivity contribution in [2.24, 2.45) is 0 Å². The van der Waals surface area contributed by atoms with Gasteiger partial charge in [-0.1, -0.05) is 42.0 Å². The third kappa shape index (κ3) is 4.96. The maximum absolute atomic E-state index is 13.6. The van der Waals surface area contributed by atoms with Crippen molar-refractivity contribution in [1.82, 2.24) is 9.80 Å². The van der Waals surface area contributed by atoms with Gasteiger partial charge < -0.3 is 14.5 Å². The average molecular weight is 459 g/mol. The zero-order chi connectivity index (χ0) is 24.1. The molecule has 2 atom stereocenters. The van der Waals surface area contributed by atoms with E-state index < -0.39 is 5.97 Å². The quantitative estimate of drug-likeness (QED) is 0.595. The van der Waals surface area contributed by atoms with E-state index in [-0.39, 0.29) is 30.5 Å². The van der Waals surface area contributed by atoms with Crippen molar-refractivity contribution < 1.29 is 19.1 Å². The molecule has 34 heavy (non-hydrogen) atoms. The largest absolute Gasteiger partial charge is 0.463 e. The minimum Gasteiger partial charge on any atom is -0.463 e. The molecule has 0 saturated heterocycles. The molecule has 0 spiro atoms. The minimum atomic E-state index is -0.400. The first kappa shape index (κ1) is 23.5. The van der Waals surface area contributed by atoms with Crippen LogP contribution in [0.3, 0.4) is 0 Å². The summed E-state index contributed by atoms with van der Waals surface area (Å²) in [6, 6.07) is 17.8. The summed E-state index contributed by atoms with van der Waals surface area (Å²) in [6.45, 7) is 4.06. The second-order valence-corrected chi connectivity index (χ2v) is 8.72. The van der Waals surface area contributed by atoms with E-state index in [0.29, 0.717) is 29.5 Å². The molecule has 0 saturated carbocycles. The molecule has 2 aliphatic rings. The van der Waals surface area contributed by atoms with Gasteiger partial charge in [0.1, 0.15) is 0 Å². The van der Waals surface area contributed by atoms with Crippen LogP contribution >= 0.6 is 0 Å². The fraction of sp³-hybridized carbons (Fsp3) is 0.321. The van der Waals surface area contributed by atoms with Crippen LogP contribution in [0, 0.1) is 0 Å². The molecule has 6 nitrogen and oxygen atoms in total. The maximum atomic E-state index is 13.6. The summed E-state index contributed by atoms with van der Waals surface area (Å²) in [5.74, 6) is -0.675. The molecule has 4 rings (SSSR count). The predicted molar refractivity (Wildman–Crippen MR) is 130 cm³/mol. The SMILES string of the molecule is CCOC(=O)C1=CN(C(=O)c2ccccc2)C(C2CCC(C)=CN2C(=O)c2ccccc2)CC1. The number of carbonyl (C=O) groups is 3. The molecule has 2 aromatic carbocycles. The maximum Gasteiger partial charge on any atom is 0.335 e. The predicted octanol–water partition coefficient (Wildman–Crippen LogP) is 4.95. The summed E-state index contributed by atoms with van der Waals surface area (Å²) >= 11 is 0. The Bertz CT molecular complexity index is 1110. The number of benzene rings is 2. The van der Waals surface area contributed by atoms with Crippen LogP contribution in [-0.4, -0.2) is 46.3 Å². The van der Waals surface area contributed by atoms with Gasteiger partial charge in [-0.25, -0.2) is 4.79 Å². The van der Waals surface area contributed by atoms with Gasteiger partial charge in [0.25, 0.3) is 11.8 Å². The first-order chi connectivity index (χ1) is 16.5. The van der Waals surface area contributed by atoms with Crippen LogP contribution in [0.4, 0.5) is 0 Å². The van der Waals surface area contributed by atoms with Crippen molar-refractivity contribution in [3.63, 3.8) is 0 Å². The van der Waals surface area contributed by atoms with Gasteiger partial charge in [-0.2, -0.15) is 0 Å². The molecular weight excluding hydrogens is 428 g/mol. The van der Waals surface area contributed by atoms with Gasteiger partial charge in [-0.15, -0.1) is 0 Å². The fourth-order valence-electron chi connectivity index (χ4n) is 4.70. The third-order valence-corrected chi connectivity index (χ3v) is 6.41. The number of nitrogens with zero attached hydrogens (tertiary/aromatic N) is 2. The van der Waals surface area contributed by atoms with Crippen molar-refractivity contribution in [2.45, 2.75) is 51.6 Å². The zero-order valence-electron chi connectivity index (χ0n) is 19.6. The molecule has 176 valence electrons. The number of esters is 1. The van der Waals surface area contributed by atoms with Crippen molar-refractivity contribution in [3.8, 4) is 0 Å². The van der Waals surface area contributed by atoms with E-state index in [4.69, 9.17) is 4.74 Å². The molecule has 2 unspecified atom stereocenters. The molecule has 2 heterocycles. The summed E-state index contributed by atoms with van der Waals surface area (Å²) in [4.78, 5) is 43.0. The highest BCUT2D eigenvalue weighted by Crippen LogP contribution is 2.33. The Kier molecular flexibility index (Phi) is 7.26. The van der Waals surface area contributed by atoms with E-state index >= 15 is 0 Å². The molecule has 2 aromatic rings. The number of allylic oxidation sites excluding steroid dienone is 1. The number of carbonyl (C=O) groups excluding carboxylic acids is 3. The highest BCUT2D eigenvalue weighted by molar-refractivity contribution is 5.97. The Morgan fingerprint density at radius 2 is 1.29 bits per heavy atom. The van der Waals surface area contributed by atoms with Gasteiger partial charge in [-0.3, -0.25) is 9.59 Å². The van der Waals surface area contributed by atoms with Crippen LogP contribution in [0.25, 0.3) is 0 Å². The number of ether oxygens (including phenoxy) is 1. The monoisotopic (exact) mass is 458 g/mol.